The summed E-state index contributed by atoms with van der Waals surface area (Å²) >= 11 is 0. The van der Waals surface area contributed by atoms with E-state index in [4.69, 9.17) is 4.74 Å². The van der Waals surface area contributed by atoms with Gasteiger partial charge in [-0.3, -0.25) is 4.79 Å². The van der Waals surface area contributed by atoms with E-state index < -0.39 is 0 Å². The normalized spacial score (nSPS) is 24.0. The first-order chi connectivity index (χ1) is 11.2. The Morgan fingerprint density at radius 1 is 1.26 bits per heavy atom. The van der Waals surface area contributed by atoms with Crippen LogP contribution in [-0.4, -0.2) is 36.3 Å². The maximum absolute atomic E-state index is 11.6. The molecule has 1 aromatic rings. The van der Waals surface area contributed by atoms with Gasteiger partial charge in [0, 0.05) is 12.5 Å². The SMILES string of the molecule is O=C1CCc2cccc(OCCCNC3CCCCC3O)c2N1. The molecular formula is C18H26N2O3. The zero-order valence-corrected chi connectivity index (χ0v) is 13.5. The molecule has 3 N–H and O–H groups in total. The van der Waals surface area contributed by atoms with E-state index in [0.717, 1.165) is 55.6 Å². The van der Waals surface area contributed by atoms with Crippen LogP contribution in [-0.2, 0) is 11.2 Å². The van der Waals surface area contributed by atoms with Crippen LogP contribution >= 0.6 is 0 Å². The fourth-order valence-electron chi connectivity index (χ4n) is 3.39. The summed E-state index contributed by atoms with van der Waals surface area (Å²) < 4.78 is 5.85. The summed E-state index contributed by atoms with van der Waals surface area (Å²) in [7, 11) is 0. The lowest BCUT2D eigenvalue weighted by molar-refractivity contribution is -0.116. The van der Waals surface area contributed by atoms with Gasteiger partial charge in [0.15, 0.2) is 0 Å². The van der Waals surface area contributed by atoms with Gasteiger partial charge >= 0.3 is 0 Å². The fraction of sp³-hybridized carbons (Fsp3) is 0.611. The Bertz CT molecular complexity index is 547. The van der Waals surface area contributed by atoms with Crippen molar-refractivity contribution in [3.05, 3.63) is 23.8 Å². The van der Waals surface area contributed by atoms with Crippen LogP contribution in [0.15, 0.2) is 18.2 Å². The van der Waals surface area contributed by atoms with E-state index in [-0.39, 0.29) is 18.1 Å². The van der Waals surface area contributed by atoms with Gasteiger partial charge in [-0.05, 0) is 43.9 Å². The summed E-state index contributed by atoms with van der Waals surface area (Å²) in [5.74, 6) is 0.815. The third-order valence-electron chi connectivity index (χ3n) is 4.71. The van der Waals surface area contributed by atoms with Crippen LogP contribution in [0.25, 0.3) is 0 Å². The quantitative estimate of drug-likeness (QED) is 0.704. The second-order valence-corrected chi connectivity index (χ2v) is 6.45. The Kier molecular flexibility index (Phi) is 5.51. The number of hydrogen-bond donors (Lipinski definition) is 3. The Labute approximate surface area is 137 Å². The number of anilines is 1. The van der Waals surface area contributed by atoms with Crippen LogP contribution in [0.5, 0.6) is 5.75 Å². The van der Waals surface area contributed by atoms with Crippen molar-refractivity contribution in [2.75, 3.05) is 18.5 Å². The summed E-state index contributed by atoms with van der Waals surface area (Å²) in [6.45, 7) is 1.44. The second-order valence-electron chi connectivity index (χ2n) is 6.45. The first-order valence-electron chi connectivity index (χ1n) is 8.70. The molecule has 1 amide bonds. The van der Waals surface area contributed by atoms with E-state index in [1.807, 2.05) is 18.2 Å². The van der Waals surface area contributed by atoms with Crippen LogP contribution in [0.1, 0.15) is 44.1 Å². The minimum atomic E-state index is -0.207. The van der Waals surface area contributed by atoms with Crippen molar-refractivity contribution >= 4 is 11.6 Å². The van der Waals surface area contributed by atoms with Crippen molar-refractivity contribution in [3.8, 4) is 5.75 Å². The van der Waals surface area contributed by atoms with Crippen molar-refractivity contribution in [1.82, 2.24) is 5.32 Å². The highest BCUT2D eigenvalue weighted by atomic mass is 16.5. The molecule has 126 valence electrons. The zero-order chi connectivity index (χ0) is 16.1. The number of nitrogens with one attached hydrogen (secondary N) is 2. The number of aliphatic hydroxyl groups is 1. The number of aliphatic hydroxyl groups excluding tert-OH is 1. The maximum Gasteiger partial charge on any atom is 0.224 e. The third kappa shape index (κ3) is 4.24. The number of benzene rings is 1. The fourth-order valence-corrected chi connectivity index (χ4v) is 3.39. The molecule has 5 nitrogen and oxygen atoms in total. The van der Waals surface area contributed by atoms with E-state index in [0.29, 0.717) is 13.0 Å². The standard InChI is InChI=1S/C18H26N2O3/c21-15-7-2-1-6-14(15)19-11-4-12-23-16-8-3-5-13-9-10-17(22)20-18(13)16/h3,5,8,14-15,19,21H,1-2,4,6-7,9-12H2,(H,20,22). The van der Waals surface area contributed by atoms with Gasteiger partial charge in [-0.15, -0.1) is 0 Å². The van der Waals surface area contributed by atoms with Gasteiger partial charge in [-0.25, -0.2) is 0 Å². The summed E-state index contributed by atoms with van der Waals surface area (Å²) in [5, 5.41) is 16.3. The van der Waals surface area contributed by atoms with Gasteiger partial charge in [0.2, 0.25) is 5.91 Å². The molecule has 0 bridgehead atoms. The molecule has 2 atom stereocenters. The Balaban J connectivity index is 1.43. The summed E-state index contributed by atoms with van der Waals surface area (Å²) in [4.78, 5) is 11.6. The van der Waals surface area contributed by atoms with Crippen molar-refractivity contribution in [2.24, 2.45) is 0 Å². The second kappa shape index (κ2) is 7.79. The molecular weight excluding hydrogens is 292 g/mol. The molecule has 3 rings (SSSR count). The van der Waals surface area contributed by atoms with Crippen LogP contribution in [0.4, 0.5) is 5.69 Å². The molecule has 0 saturated heterocycles. The molecule has 2 aliphatic rings. The molecule has 0 spiro atoms. The van der Waals surface area contributed by atoms with Crippen LogP contribution in [0, 0.1) is 0 Å². The Hall–Kier alpha value is -1.59. The predicted molar refractivity (Wildman–Crippen MR) is 89.8 cm³/mol. The highest BCUT2D eigenvalue weighted by molar-refractivity contribution is 5.95. The Morgan fingerprint density at radius 2 is 2.13 bits per heavy atom. The highest BCUT2D eigenvalue weighted by Gasteiger charge is 2.22. The lowest BCUT2D eigenvalue weighted by atomic mass is 9.92. The maximum atomic E-state index is 11.6. The predicted octanol–water partition coefficient (Wildman–Crippen LogP) is 2.23. The third-order valence-corrected chi connectivity index (χ3v) is 4.71. The molecule has 1 aliphatic carbocycles. The lowest BCUT2D eigenvalue weighted by Crippen LogP contribution is -2.42. The number of carbonyl (C=O) groups is 1. The Morgan fingerprint density at radius 3 is 3.00 bits per heavy atom. The van der Waals surface area contributed by atoms with Crippen molar-refractivity contribution in [2.45, 2.75) is 57.1 Å². The molecule has 5 heteroatoms. The van der Waals surface area contributed by atoms with E-state index in [9.17, 15) is 9.90 Å². The molecule has 0 radical (unpaired) electrons. The van der Waals surface area contributed by atoms with E-state index >= 15 is 0 Å². The monoisotopic (exact) mass is 318 g/mol. The van der Waals surface area contributed by atoms with Crippen molar-refractivity contribution in [3.63, 3.8) is 0 Å². The molecule has 0 aromatic heterocycles. The van der Waals surface area contributed by atoms with E-state index in [2.05, 4.69) is 10.6 Å². The van der Waals surface area contributed by atoms with Gasteiger partial charge in [0.1, 0.15) is 5.75 Å². The average Bonchev–Trinajstić information content (AvgIpc) is 2.56. The number of aryl methyl sites for hydroxylation is 1. The van der Waals surface area contributed by atoms with E-state index in [1.54, 1.807) is 0 Å². The number of ether oxygens (including phenoxy) is 1. The number of fused-ring (bicyclic) bond motifs is 1. The largest absolute Gasteiger partial charge is 0.491 e. The number of rotatable bonds is 6. The van der Waals surface area contributed by atoms with Gasteiger partial charge in [0.25, 0.3) is 0 Å². The van der Waals surface area contributed by atoms with E-state index in [1.165, 1.54) is 6.42 Å². The first kappa shape index (κ1) is 16.3. The molecule has 23 heavy (non-hydrogen) atoms. The molecule has 1 aromatic carbocycles. The van der Waals surface area contributed by atoms with Crippen molar-refractivity contribution in [1.29, 1.82) is 0 Å². The first-order valence-corrected chi connectivity index (χ1v) is 8.70. The highest BCUT2D eigenvalue weighted by Crippen LogP contribution is 2.32. The molecule has 1 heterocycles. The van der Waals surface area contributed by atoms with Crippen molar-refractivity contribution < 1.29 is 14.6 Å². The topological polar surface area (TPSA) is 70.6 Å². The number of carbonyl (C=O) groups excluding carboxylic acids is 1. The lowest BCUT2D eigenvalue weighted by Gasteiger charge is -2.28. The molecule has 2 unspecified atom stereocenters. The van der Waals surface area contributed by atoms with Crippen LogP contribution in [0.3, 0.4) is 0 Å². The number of hydrogen-bond acceptors (Lipinski definition) is 4. The van der Waals surface area contributed by atoms with Gasteiger partial charge in [-0.1, -0.05) is 25.0 Å². The smallest absolute Gasteiger partial charge is 0.224 e. The molecule has 1 saturated carbocycles. The van der Waals surface area contributed by atoms with Gasteiger partial charge in [-0.2, -0.15) is 0 Å². The molecule has 1 aliphatic heterocycles. The minimum Gasteiger partial charge on any atom is -0.491 e. The summed E-state index contributed by atoms with van der Waals surface area (Å²) in [6, 6.07) is 6.14. The number of amides is 1. The summed E-state index contributed by atoms with van der Waals surface area (Å²) in [5.41, 5.74) is 1.98. The average molecular weight is 318 g/mol. The zero-order valence-electron chi connectivity index (χ0n) is 13.5. The molecule has 1 fully saturated rings. The van der Waals surface area contributed by atoms with Crippen LogP contribution in [0.2, 0.25) is 0 Å². The summed E-state index contributed by atoms with van der Waals surface area (Å²) in [6.07, 6.45) is 6.28. The number of para-hydroxylation sites is 1. The van der Waals surface area contributed by atoms with Gasteiger partial charge in [0.05, 0.1) is 18.4 Å². The van der Waals surface area contributed by atoms with Gasteiger partial charge < -0.3 is 20.5 Å². The minimum absolute atomic E-state index is 0.0569. The van der Waals surface area contributed by atoms with Crippen LogP contribution < -0.4 is 15.4 Å².